The lowest BCUT2D eigenvalue weighted by atomic mass is 10.0. The van der Waals surface area contributed by atoms with Crippen molar-refractivity contribution >= 4 is 34.1 Å². The van der Waals surface area contributed by atoms with Crippen LogP contribution in [-0.4, -0.2) is 26.3 Å². The second kappa shape index (κ2) is 13.4. The van der Waals surface area contributed by atoms with Gasteiger partial charge in [0.15, 0.2) is 0 Å². The highest BCUT2D eigenvalue weighted by atomic mass is 16.2. The molecule has 4 aromatic carbocycles. The molecular weight excluding hydrogens is 558 g/mol. The lowest BCUT2D eigenvalue weighted by molar-refractivity contribution is 0.102. The van der Waals surface area contributed by atoms with E-state index in [1.165, 1.54) is 11.1 Å². The number of hydrogen-bond acceptors (Lipinski definition) is 4. The molecule has 7 heteroatoms. The molecule has 2 heterocycles. The summed E-state index contributed by atoms with van der Waals surface area (Å²) in [6, 6.07) is 29.7. The molecule has 2 N–H and O–H groups in total. The number of carbonyl (C=O) groups excluding carboxylic acids is 2. The summed E-state index contributed by atoms with van der Waals surface area (Å²) in [7, 11) is 0. The Balaban J connectivity index is 1.05. The minimum atomic E-state index is -0.318. The van der Waals surface area contributed by atoms with Crippen molar-refractivity contribution in [3.63, 3.8) is 0 Å². The first-order chi connectivity index (χ1) is 21.9. The number of aryl methyl sites for hydroxylation is 4. The van der Waals surface area contributed by atoms with E-state index in [4.69, 9.17) is 0 Å². The van der Waals surface area contributed by atoms with Crippen LogP contribution in [0.2, 0.25) is 0 Å². The third-order valence-corrected chi connectivity index (χ3v) is 8.11. The number of amides is 2. The predicted octanol–water partition coefficient (Wildman–Crippen LogP) is 8.11. The van der Waals surface area contributed by atoms with Crippen LogP contribution in [0.15, 0.2) is 116 Å². The van der Waals surface area contributed by atoms with Gasteiger partial charge in [-0.3, -0.25) is 14.6 Å². The number of imidazole rings is 1. The number of nitrogens with one attached hydrogen (secondary N) is 2. The van der Waals surface area contributed by atoms with Crippen LogP contribution in [0, 0.1) is 13.8 Å². The van der Waals surface area contributed by atoms with Gasteiger partial charge < -0.3 is 15.2 Å². The van der Waals surface area contributed by atoms with Gasteiger partial charge in [0, 0.05) is 35.4 Å². The normalized spacial score (nSPS) is 11.0. The fourth-order valence-corrected chi connectivity index (χ4v) is 5.36. The highest BCUT2D eigenvalue weighted by molar-refractivity contribution is 6.13. The Hall–Kier alpha value is -5.56. The summed E-state index contributed by atoms with van der Waals surface area (Å²) in [5.41, 5.74) is 8.43. The molecule has 0 bridgehead atoms. The summed E-state index contributed by atoms with van der Waals surface area (Å²) in [5.74, 6) is -0.599. The molecule has 6 rings (SSSR count). The van der Waals surface area contributed by atoms with E-state index in [2.05, 4.69) is 57.0 Å². The number of pyridine rings is 1. The second-order valence-corrected chi connectivity index (χ2v) is 11.3. The molecule has 0 saturated carbocycles. The van der Waals surface area contributed by atoms with Gasteiger partial charge in [0.05, 0.1) is 28.7 Å². The number of fused-ring (bicyclic) bond motifs is 1. The molecule has 2 aromatic heterocycles. The Bertz CT molecular complexity index is 1950. The van der Waals surface area contributed by atoms with Crippen molar-refractivity contribution in [1.82, 2.24) is 14.5 Å². The molecular formula is C38H35N5O2. The number of carbonyl (C=O) groups is 2. The van der Waals surface area contributed by atoms with Gasteiger partial charge in [0.2, 0.25) is 0 Å². The van der Waals surface area contributed by atoms with E-state index in [-0.39, 0.29) is 11.8 Å². The van der Waals surface area contributed by atoms with Gasteiger partial charge in [0.1, 0.15) is 0 Å². The van der Waals surface area contributed by atoms with Gasteiger partial charge in [0.25, 0.3) is 11.8 Å². The minimum absolute atomic E-state index is 0.281. The summed E-state index contributed by atoms with van der Waals surface area (Å²) >= 11 is 0. The van der Waals surface area contributed by atoms with Gasteiger partial charge in [-0.05, 0) is 110 Å². The van der Waals surface area contributed by atoms with Crippen LogP contribution in [0.1, 0.15) is 55.8 Å². The monoisotopic (exact) mass is 593 g/mol. The molecule has 6 aromatic rings. The number of para-hydroxylation sites is 1. The average molecular weight is 594 g/mol. The minimum Gasteiger partial charge on any atom is -0.322 e. The van der Waals surface area contributed by atoms with Gasteiger partial charge in [-0.1, -0.05) is 42.5 Å². The van der Waals surface area contributed by atoms with Crippen molar-refractivity contribution < 1.29 is 9.59 Å². The molecule has 7 nitrogen and oxygen atoms in total. The van der Waals surface area contributed by atoms with Gasteiger partial charge in [-0.2, -0.15) is 0 Å². The van der Waals surface area contributed by atoms with E-state index >= 15 is 0 Å². The molecule has 0 radical (unpaired) electrons. The van der Waals surface area contributed by atoms with Gasteiger partial charge >= 0.3 is 0 Å². The predicted molar refractivity (Wildman–Crippen MR) is 180 cm³/mol. The number of anilines is 2. The Morgan fingerprint density at radius 3 is 2.16 bits per heavy atom. The van der Waals surface area contributed by atoms with E-state index in [9.17, 15) is 9.59 Å². The van der Waals surface area contributed by atoms with Crippen LogP contribution in [-0.2, 0) is 12.8 Å². The number of nitrogens with zero attached hydrogens (tertiary/aromatic N) is 3. The third kappa shape index (κ3) is 7.16. The van der Waals surface area contributed by atoms with E-state index in [1.54, 1.807) is 24.8 Å². The summed E-state index contributed by atoms with van der Waals surface area (Å²) in [6.45, 7) is 3.91. The first-order valence-electron chi connectivity index (χ1n) is 15.2. The van der Waals surface area contributed by atoms with Gasteiger partial charge in [-0.25, -0.2) is 4.98 Å². The van der Waals surface area contributed by atoms with E-state index < -0.39 is 0 Å². The van der Waals surface area contributed by atoms with E-state index in [1.807, 2.05) is 73.1 Å². The Labute approximate surface area is 263 Å². The molecule has 0 aliphatic rings. The Kier molecular flexibility index (Phi) is 8.78. The molecule has 0 saturated heterocycles. The van der Waals surface area contributed by atoms with Crippen LogP contribution in [0.25, 0.3) is 16.6 Å². The molecule has 0 fully saturated rings. The zero-order valence-electron chi connectivity index (χ0n) is 25.5. The van der Waals surface area contributed by atoms with E-state index in [0.717, 1.165) is 53.4 Å². The van der Waals surface area contributed by atoms with Crippen molar-refractivity contribution in [1.29, 1.82) is 0 Å². The SMILES string of the molecule is Cc1cc(NC(=O)c2cnc3ccccc3c2)c(C(=O)Nc2ccc(CCCCc3ccc(-n4ccnc4)cc3)cc2)cc1C. The number of benzene rings is 4. The summed E-state index contributed by atoms with van der Waals surface area (Å²) in [4.78, 5) is 35.1. The Morgan fingerprint density at radius 2 is 1.44 bits per heavy atom. The van der Waals surface area contributed by atoms with E-state index in [0.29, 0.717) is 22.5 Å². The van der Waals surface area contributed by atoms with Crippen LogP contribution in [0.5, 0.6) is 0 Å². The fourth-order valence-electron chi connectivity index (χ4n) is 5.36. The Morgan fingerprint density at radius 1 is 0.756 bits per heavy atom. The average Bonchev–Trinajstić information content (AvgIpc) is 3.61. The van der Waals surface area contributed by atoms with Crippen molar-refractivity contribution in [3.8, 4) is 5.69 Å². The highest BCUT2D eigenvalue weighted by Gasteiger charge is 2.17. The maximum Gasteiger partial charge on any atom is 0.257 e. The molecule has 224 valence electrons. The molecule has 0 spiro atoms. The van der Waals surface area contributed by atoms with Crippen LogP contribution < -0.4 is 10.6 Å². The van der Waals surface area contributed by atoms with Crippen molar-refractivity contribution in [3.05, 3.63) is 149 Å². The maximum atomic E-state index is 13.4. The lowest BCUT2D eigenvalue weighted by Crippen LogP contribution is -2.19. The van der Waals surface area contributed by atoms with Crippen molar-refractivity contribution in [2.75, 3.05) is 10.6 Å². The summed E-state index contributed by atoms with van der Waals surface area (Å²) in [5, 5.41) is 6.82. The van der Waals surface area contributed by atoms with Gasteiger partial charge in [-0.15, -0.1) is 0 Å². The number of rotatable bonds is 10. The lowest BCUT2D eigenvalue weighted by Gasteiger charge is -2.15. The molecule has 2 amide bonds. The molecule has 0 unspecified atom stereocenters. The maximum absolute atomic E-state index is 13.4. The topological polar surface area (TPSA) is 88.9 Å². The van der Waals surface area contributed by atoms with Crippen molar-refractivity contribution in [2.45, 2.75) is 39.5 Å². The third-order valence-electron chi connectivity index (χ3n) is 8.11. The highest BCUT2D eigenvalue weighted by Crippen LogP contribution is 2.24. The fraction of sp³-hybridized carbons (Fsp3) is 0.158. The van der Waals surface area contributed by atoms with Crippen LogP contribution in [0.4, 0.5) is 11.4 Å². The quantitative estimate of drug-likeness (QED) is 0.157. The van der Waals surface area contributed by atoms with Crippen LogP contribution in [0.3, 0.4) is 0 Å². The summed E-state index contributed by atoms with van der Waals surface area (Å²) in [6.07, 6.45) is 11.3. The zero-order chi connectivity index (χ0) is 31.2. The largest absolute Gasteiger partial charge is 0.322 e. The number of unbranched alkanes of at least 4 members (excludes halogenated alkanes) is 1. The molecule has 45 heavy (non-hydrogen) atoms. The summed E-state index contributed by atoms with van der Waals surface area (Å²) < 4.78 is 2.00. The van der Waals surface area contributed by atoms with Crippen LogP contribution >= 0.6 is 0 Å². The number of aromatic nitrogens is 3. The first-order valence-corrected chi connectivity index (χ1v) is 15.2. The first kappa shape index (κ1) is 29.5. The standard InChI is InChI=1S/C38H35N5O2/c1-26-21-34(36(22-27(26)2)42-37(44)31-23-30-9-5-6-10-35(30)40-24-31)38(45)41-32-15-11-28(12-16-32)7-3-4-8-29-13-17-33(18-14-29)43-20-19-39-25-43/h5-6,9-25H,3-4,7-8H2,1-2H3,(H,41,45)(H,42,44). The molecule has 0 aliphatic heterocycles. The zero-order valence-corrected chi connectivity index (χ0v) is 25.5. The number of hydrogen-bond donors (Lipinski definition) is 2. The smallest absolute Gasteiger partial charge is 0.257 e. The molecule has 0 atom stereocenters. The van der Waals surface area contributed by atoms with Crippen molar-refractivity contribution in [2.24, 2.45) is 0 Å². The molecule has 0 aliphatic carbocycles. The second-order valence-electron chi connectivity index (χ2n) is 11.3.